The molecule has 122 valence electrons. The highest BCUT2D eigenvalue weighted by Crippen LogP contribution is 2.22. The Morgan fingerprint density at radius 2 is 2.08 bits per heavy atom. The number of thiazole rings is 1. The molecule has 0 aliphatic carbocycles. The van der Waals surface area contributed by atoms with Crippen LogP contribution in [0.2, 0.25) is 0 Å². The summed E-state index contributed by atoms with van der Waals surface area (Å²) in [5, 5.41) is 14.7. The summed E-state index contributed by atoms with van der Waals surface area (Å²) in [6.45, 7) is 2.08. The van der Waals surface area contributed by atoms with E-state index in [-0.39, 0.29) is 17.2 Å². The summed E-state index contributed by atoms with van der Waals surface area (Å²) in [5.74, 6) is -0.320. The number of carbonyl (C=O) groups excluding carboxylic acids is 1. The number of fused-ring (bicyclic) bond motifs is 1. The second-order valence-electron chi connectivity index (χ2n) is 5.34. The Labute approximate surface area is 142 Å². The number of rotatable bonds is 5. The van der Waals surface area contributed by atoms with Gasteiger partial charge >= 0.3 is 0 Å². The molecular weight excluding hydrogens is 326 g/mol. The molecule has 1 amide bonds. The second kappa shape index (κ2) is 6.76. The normalized spacial score (nSPS) is 10.7. The Hall–Kier alpha value is -2.80. The van der Waals surface area contributed by atoms with Crippen LogP contribution in [-0.2, 0) is 6.42 Å². The minimum absolute atomic E-state index is 0.0474. The summed E-state index contributed by atoms with van der Waals surface area (Å²) in [6.07, 6.45) is 0.624. The fraction of sp³-hybridized carbons (Fsp3) is 0.176. The first kappa shape index (κ1) is 16.1. The third kappa shape index (κ3) is 3.41. The van der Waals surface area contributed by atoms with Crippen molar-refractivity contribution in [3.63, 3.8) is 0 Å². The number of carbonyl (C=O) groups is 1. The third-order valence-corrected chi connectivity index (χ3v) is 4.73. The number of nitrogens with one attached hydrogen (secondary N) is 1. The lowest BCUT2D eigenvalue weighted by atomic mass is 10.1. The number of aryl methyl sites for hydroxylation is 1. The molecule has 0 radical (unpaired) electrons. The maximum Gasteiger partial charge on any atom is 0.273 e. The van der Waals surface area contributed by atoms with Gasteiger partial charge in [-0.25, -0.2) is 4.98 Å². The molecule has 0 spiro atoms. The molecule has 6 nitrogen and oxygen atoms in total. The van der Waals surface area contributed by atoms with E-state index in [9.17, 15) is 14.9 Å². The largest absolute Gasteiger partial charge is 0.352 e. The molecule has 0 atom stereocenters. The quantitative estimate of drug-likeness (QED) is 0.568. The van der Waals surface area contributed by atoms with Gasteiger partial charge in [-0.1, -0.05) is 18.2 Å². The predicted molar refractivity (Wildman–Crippen MR) is 93.5 cm³/mol. The van der Waals surface area contributed by atoms with E-state index in [1.807, 2.05) is 24.3 Å². The standard InChI is InChI=1S/C17H15N3O3S/c1-11-6-7-12(10-14(11)20(22)23)17(21)18-9-8-16-19-13-4-2-3-5-15(13)24-16/h2-7,10H,8-9H2,1H3,(H,18,21). The first-order valence-corrected chi connectivity index (χ1v) is 8.24. The number of benzene rings is 2. The van der Waals surface area contributed by atoms with Gasteiger partial charge in [0.25, 0.3) is 11.6 Å². The molecule has 7 heteroatoms. The summed E-state index contributed by atoms with van der Waals surface area (Å²) in [4.78, 5) is 27.1. The van der Waals surface area contributed by atoms with E-state index < -0.39 is 4.92 Å². The third-order valence-electron chi connectivity index (χ3n) is 3.63. The minimum Gasteiger partial charge on any atom is -0.352 e. The van der Waals surface area contributed by atoms with Crippen LogP contribution < -0.4 is 5.32 Å². The highest BCUT2D eigenvalue weighted by atomic mass is 32.1. The van der Waals surface area contributed by atoms with E-state index in [1.54, 1.807) is 30.4 Å². The van der Waals surface area contributed by atoms with Crippen LogP contribution in [0.3, 0.4) is 0 Å². The summed E-state index contributed by atoms with van der Waals surface area (Å²) >= 11 is 1.60. The first-order chi connectivity index (χ1) is 11.5. The molecule has 3 rings (SSSR count). The van der Waals surface area contributed by atoms with Gasteiger partial charge in [0.1, 0.15) is 0 Å². The molecule has 2 aromatic carbocycles. The number of hydrogen-bond donors (Lipinski definition) is 1. The van der Waals surface area contributed by atoms with E-state index in [1.165, 1.54) is 6.07 Å². The average Bonchev–Trinajstić information content (AvgIpc) is 2.97. The SMILES string of the molecule is Cc1ccc(C(=O)NCCc2nc3ccccc3s2)cc1[N+](=O)[O-]. The molecule has 0 aliphatic rings. The van der Waals surface area contributed by atoms with Crippen molar-refractivity contribution < 1.29 is 9.72 Å². The molecule has 0 fully saturated rings. The van der Waals surface area contributed by atoms with Crippen molar-refractivity contribution in [3.8, 4) is 0 Å². The molecule has 24 heavy (non-hydrogen) atoms. The maximum atomic E-state index is 12.1. The zero-order chi connectivity index (χ0) is 17.1. The topological polar surface area (TPSA) is 85.1 Å². The predicted octanol–water partition coefficient (Wildman–Crippen LogP) is 3.49. The highest BCUT2D eigenvalue weighted by molar-refractivity contribution is 7.18. The zero-order valence-electron chi connectivity index (χ0n) is 13.0. The van der Waals surface area contributed by atoms with Gasteiger partial charge in [0.05, 0.1) is 20.1 Å². The first-order valence-electron chi connectivity index (χ1n) is 7.42. The van der Waals surface area contributed by atoms with Crippen molar-refractivity contribution in [3.05, 3.63) is 68.7 Å². The van der Waals surface area contributed by atoms with Crippen LogP contribution in [0.25, 0.3) is 10.2 Å². The van der Waals surface area contributed by atoms with Gasteiger partial charge in [-0.05, 0) is 25.1 Å². The van der Waals surface area contributed by atoms with Crippen LogP contribution in [0, 0.1) is 17.0 Å². The molecule has 1 aromatic heterocycles. The number of para-hydroxylation sites is 1. The molecule has 0 saturated carbocycles. The Balaban J connectivity index is 1.63. The average molecular weight is 341 g/mol. The molecule has 0 saturated heterocycles. The molecule has 0 unspecified atom stereocenters. The van der Waals surface area contributed by atoms with Gasteiger partial charge in [-0.15, -0.1) is 11.3 Å². The van der Waals surface area contributed by atoms with E-state index in [2.05, 4.69) is 10.3 Å². The molecule has 0 aliphatic heterocycles. The van der Waals surface area contributed by atoms with Gasteiger partial charge in [-0.2, -0.15) is 0 Å². The van der Waals surface area contributed by atoms with Crippen LogP contribution in [0.15, 0.2) is 42.5 Å². The number of hydrogen-bond acceptors (Lipinski definition) is 5. The zero-order valence-corrected chi connectivity index (χ0v) is 13.8. The summed E-state index contributed by atoms with van der Waals surface area (Å²) in [7, 11) is 0. The lowest BCUT2D eigenvalue weighted by molar-refractivity contribution is -0.385. The number of amides is 1. The van der Waals surface area contributed by atoms with Crippen molar-refractivity contribution in [1.29, 1.82) is 0 Å². The Kier molecular flexibility index (Phi) is 4.52. The number of aromatic nitrogens is 1. The molecule has 3 aromatic rings. The van der Waals surface area contributed by atoms with Crippen LogP contribution in [0.4, 0.5) is 5.69 Å². The monoisotopic (exact) mass is 341 g/mol. The Morgan fingerprint density at radius 1 is 1.29 bits per heavy atom. The lowest BCUT2D eigenvalue weighted by Gasteiger charge is -2.05. The smallest absolute Gasteiger partial charge is 0.273 e. The van der Waals surface area contributed by atoms with Crippen LogP contribution in [0.1, 0.15) is 20.9 Å². The fourth-order valence-corrected chi connectivity index (χ4v) is 3.33. The van der Waals surface area contributed by atoms with Crippen LogP contribution in [-0.4, -0.2) is 22.4 Å². The van der Waals surface area contributed by atoms with Crippen LogP contribution in [0.5, 0.6) is 0 Å². The van der Waals surface area contributed by atoms with Crippen LogP contribution >= 0.6 is 11.3 Å². The van der Waals surface area contributed by atoms with Gasteiger partial charge in [0, 0.05) is 30.2 Å². The van der Waals surface area contributed by atoms with E-state index >= 15 is 0 Å². The van der Waals surface area contributed by atoms with E-state index in [0.717, 1.165) is 15.2 Å². The fourth-order valence-electron chi connectivity index (χ4n) is 2.36. The molecule has 1 heterocycles. The Bertz CT molecular complexity index is 887. The lowest BCUT2D eigenvalue weighted by Crippen LogP contribution is -2.25. The van der Waals surface area contributed by atoms with Crippen molar-refractivity contribution in [2.24, 2.45) is 0 Å². The Morgan fingerprint density at radius 3 is 2.83 bits per heavy atom. The van der Waals surface area contributed by atoms with Crippen molar-refractivity contribution in [1.82, 2.24) is 10.3 Å². The molecule has 0 bridgehead atoms. The molecular formula is C17H15N3O3S. The van der Waals surface area contributed by atoms with Crippen molar-refractivity contribution in [2.75, 3.05) is 6.54 Å². The summed E-state index contributed by atoms with van der Waals surface area (Å²) in [6, 6.07) is 12.4. The minimum atomic E-state index is -0.479. The highest BCUT2D eigenvalue weighted by Gasteiger charge is 2.14. The summed E-state index contributed by atoms with van der Waals surface area (Å²) < 4.78 is 1.12. The van der Waals surface area contributed by atoms with Gasteiger partial charge in [0.15, 0.2) is 0 Å². The van der Waals surface area contributed by atoms with E-state index in [0.29, 0.717) is 18.5 Å². The summed E-state index contributed by atoms with van der Waals surface area (Å²) in [5.41, 5.74) is 1.73. The van der Waals surface area contributed by atoms with Gasteiger partial charge < -0.3 is 5.32 Å². The van der Waals surface area contributed by atoms with E-state index in [4.69, 9.17) is 0 Å². The second-order valence-corrected chi connectivity index (χ2v) is 6.45. The van der Waals surface area contributed by atoms with Gasteiger partial charge in [-0.3, -0.25) is 14.9 Å². The number of nitrogens with zero attached hydrogens (tertiary/aromatic N) is 2. The number of nitro groups is 1. The maximum absolute atomic E-state index is 12.1. The van der Waals surface area contributed by atoms with Gasteiger partial charge in [0.2, 0.25) is 0 Å². The van der Waals surface area contributed by atoms with Crippen molar-refractivity contribution in [2.45, 2.75) is 13.3 Å². The number of nitro benzene ring substituents is 1. The van der Waals surface area contributed by atoms with Crippen molar-refractivity contribution >= 4 is 33.1 Å². The molecule has 1 N–H and O–H groups in total.